The summed E-state index contributed by atoms with van der Waals surface area (Å²) in [6, 6.07) is 2.70. The van der Waals surface area contributed by atoms with E-state index in [0.717, 1.165) is 0 Å². The standard InChI is InChI=1S/C10H10Cl2N2O2/c11-5-1-7(12)10(16)8(2-5)14-4-6(13)3-9(14)15/h1-2,6,16H,3-4,13H2. The van der Waals surface area contributed by atoms with E-state index >= 15 is 0 Å². The Bertz CT molecular complexity index is 451. The molecule has 6 heteroatoms. The van der Waals surface area contributed by atoms with E-state index in [1.54, 1.807) is 0 Å². The Balaban J connectivity index is 2.44. The van der Waals surface area contributed by atoms with Crippen LogP contribution in [-0.4, -0.2) is 23.6 Å². The van der Waals surface area contributed by atoms with Gasteiger partial charge in [0.05, 0.1) is 10.7 Å². The number of halogens is 2. The van der Waals surface area contributed by atoms with Gasteiger partial charge in [-0.2, -0.15) is 0 Å². The largest absolute Gasteiger partial charge is 0.504 e. The number of aromatic hydroxyl groups is 1. The van der Waals surface area contributed by atoms with Crippen LogP contribution in [0.5, 0.6) is 5.75 Å². The fraction of sp³-hybridized carbons (Fsp3) is 0.300. The Labute approximate surface area is 103 Å². The molecule has 1 fully saturated rings. The zero-order chi connectivity index (χ0) is 11.9. The van der Waals surface area contributed by atoms with Gasteiger partial charge in [-0.15, -0.1) is 0 Å². The number of hydrogen-bond acceptors (Lipinski definition) is 3. The van der Waals surface area contributed by atoms with Crippen LogP contribution in [0.15, 0.2) is 12.1 Å². The van der Waals surface area contributed by atoms with E-state index in [-0.39, 0.29) is 29.1 Å². The van der Waals surface area contributed by atoms with E-state index < -0.39 is 0 Å². The van der Waals surface area contributed by atoms with Gasteiger partial charge in [-0.3, -0.25) is 4.79 Å². The monoisotopic (exact) mass is 260 g/mol. The topological polar surface area (TPSA) is 66.6 Å². The van der Waals surface area contributed by atoms with Crippen molar-refractivity contribution >= 4 is 34.8 Å². The maximum atomic E-state index is 11.6. The number of nitrogens with two attached hydrogens (primary N) is 1. The number of benzene rings is 1. The quantitative estimate of drug-likeness (QED) is 0.809. The van der Waals surface area contributed by atoms with Crippen molar-refractivity contribution in [2.75, 3.05) is 11.4 Å². The third kappa shape index (κ3) is 1.96. The molecule has 1 aromatic carbocycles. The van der Waals surface area contributed by atoms with Crippen LogP contribution in [0.4, 0.5) is 5.69 Å². The number of hydrogen-bond donors (Lipinski definition) is 2. The lowest BCUT2D eigenvalue weighted by Crippen LogP contribution is -2.28. The van der Waals surface area contributed by atoms with Crippen LogP contribution in [0, 0.1) is 0 Å². The molecule has 0 saturated carbocycles. The average molecular weight is 261 g/mol. The van der Waals surface area contributed by atoms with Crippen LogP contribution in [-0.2, 0) is 4.79 Å². The molecule has 0 aliphatic carbocycles. The molecule has 0 aromatic heterocycles. The van der Waals surface area contributed by atoms with Crippen molar-refractivity contribution in [2.45, 2.75) is 12.5 Å². The maximum absolute atomic E-state index is 11.6. The van der Waals surface area contributed by atoms with Gasteiger partial charge in [-0.25, -0.2) is 0 Å². The lowest BCUT2D eigenvalue weighted by Gasteiger charge is -2.18. The first-order chi connectivity index (χ1) is 7.49. The number of anilines is 1. The van der Waals surface area contributed by atoms with E-state index in [1.807, 2.05) is 0 Å². The van der Waals surface area contributed by atoms with Crippen molar-refractivity contribution in [2.24, 2.45) is 5.73 Å². The third-order valence-corrected chi connectivity index (χ3v) is 2.96. The predicted octanol–water partition coefficient (Wildman–Crippen LogP) is 1.76. The second-order valence-electron chi connectivity index (χ2n) is 3.72. The van der Waals surface area contributed by atoms with Crippen LogP contribution in [0.25, 0.3) is 0 Å². The lowest BCUT2D eigenvalue weighted by atomic mass is 10.2. The van der Waals surface area contributed by atoms with E-state index in [0.29, 0.717) is 17.3 Å². The van der Waals surface area contributed by atoms with Crippen molar-refractivity contribution in [3.63, 3.8) is 0 Å². The summed E-state index contributed by atoms with van der Waals surface area (Å²) in [7, 11) is 0. The molecular weight excluding hydrogens is 251 g/mol. The van der Waals surface area contributed by atoms with Crippen LogP contribution >= 0.6 is 23.2 Å². The van der Waals surface area contributed by atoms with Gasteiger partial charge in [-0.05, 0) is 12.1 Å². The third-order valence-electron chi connectivity index (χ3n) is 2.45. The minimum Gasteiger partial charge on any atom is -0.504 e. The highest BCUT2D eigenvalue weighted by molar-refractivity contribution is 6.36. The molecule has 0 spiro atoms. The molecule has 1 aliphatic heterocycles. The van der Waals surface area contributed by atoms with Crippen LogP contribution in [0.3, 0.4) is 0 Å². The van der Waals surface area contributed by atoms with Crippen molar-refractivity contribution in [3.05, 3.63) is 22.2 Å². The summed E-state index contributed by atoms with van der Waals surface area (Å²) in [6.45, 7) is 0.364. The summed E-state index contributed by atoms with van der Waals surface area (Å²) in [5.41, 5.74) is 5.98. The summed E-state index contributed by atoms with van der Waals surface area (Å²) in [5.74, 6) is -0.283. The number of phenolic OH excluding ortho intramolecular Hbond substituents is 1. The minimum atomic E-state index is -0.218. The maximum Gasteiger partial charge on any atom is 0.228 e. The zero-order valence-corrected chi connectivity index (χ0v) is 9.79. The van der Waals surface area contributed by atoms with Crippen molar-refractivity contribution in [3.8, 4) is 5.75 Å². The number of amides is 1. The van der Waals surface area contributed by atoms with Gasteiger partial charge < -0.3 is 15.7 Å². The number of carbonyl (C=O) groups is 1. The molecule has 86 valence electrons. The first-order valence-corrected chi connectivity index (χ1v) is 5.48. The van der Waals surface area contributed by atoms with E-state index in [4.69, 9.17) is 28.9 Å². The fourth-order valence-corrected chi connectivity index (χ4v) is 2.21. The molecule has 1 aromatic rings. The van der Waals surface area contributed by atoms with Crippen LogP contribution in [0.2, 0.25) is 10.0 Å². The first kappa shape index (κ1) is 11.5. The number of carbonyl (C=O) groups excluding carboxylic acids is 1. The van der Waals surface area contributed by atoms with Gasteiger partial charge in [0.25, 0.3) is 0 Å². The normalized spacial score (nSPS) is 20.6. The predicted molar refractivity (Wildman–Crippen MR) is 63.1 cm³/mol. The molecular formula is C10H10Cl2N2O2. The summed E-state index contributed by atoms with van der Waals surface area (Å²) in [6.07, 6.45) is 0.267. The molecule has 1 amide bonds. The van der Waals surface area contributed by atoms with Gasteiger partial charge in [0.1, 0.15) is 0 Å². The summed E-state index contributed by atoms with van der Waals surface area (Å²) >= 11 is 11.6. The van der Waals surface area contributed by atoms with Crippen LogP contribution < -0.4 is 10.6 Å². The van der Waals surface area contributed by atoms with E-state index in [1.165, 1.54) is 17.0 Å². The fourth-order valence-electron chi connectivity index (χ4n) is 1.73. The van der Waals surface area contributed by atoms with Crippen molar-refractivity contribution in [1.29, 1.82) is 0 Å². The zero-order valence-electron chi connectivity index (χ0n) is 8.28. The summed E-state index contributed by atoms with van der Waals surface area (Å²) < 4.78 is 0. The summed E-state index contributed by atoms with van der Waals surface area (Å²) in [5, 5.41) is 10.2. The molecule has 1 aliphatic rings. The first-order valence-electron chi connectivity index (χ1n) is 4.73. The SMILES string of the molecule is NC1CC(=O)N(c2cc(Cl)cc(Cl)c2O)C1. The Hall–Kier alpha value is -0.970. The second kappa shape index (κ2) is 4.13. The van der Waals surface area contributed by atoms with Gasteiger partial charge in [0, 0.05) is 24.0 Å². The van der Waals surface area contributed by atoms with E-state index in [2.05, 4.69) is 0 Å². The molecule has 1 heterocycles. The molecule has 0 bridgehead atoms. The molecule has 4 nitrogen and oxygen atoms in total. The Morgan fingerprint density at radius 3 is 2.69 bits per heavy atom. The number of nitrogens with zero attached hydrogens (tertiary/aromatic N) is 1. The molecule has 1 atom stereocenters. The van der Waals surface area contributed by atoms with Crippen LogP contribution in [0.1, 0.15) is 6.42 Å². The number of phenols is 1. The molecule has 3 N–H and O–H groups in total. The highest BCUT2D eigenvalue weighted by atomic mass is 35.5. The smallest absolute Gasteiger partial charge is 0.228 e. The molecule has 0 radical (unpaired) electrons. The summed E-state index contributed by atoms with van der Waals surface area (Å²) in [4.78, 5) is 13.0. The molecule has 16 heavy (non-hydrogen) atoms. The Morgan fingerprint density at radius 2 is 2.12 bits per heavy atom. The lowest BCUT2D eigenvalue weighted by molar-refractivity contribution is -0.117. The Morgan fingerprint density at radius 1 is 1.44 bits per heavy atom. The van der Waals surface area contributed by atoms with Gasteiger partial charge in [-0.1, -0.05) is 23.2 Å². The molecule has 1 saturated heterocycles. The molecule has 1 unspecified atom stereocenters. The second-order valence-corrected chi connectivity index (χ2v) is 4.57. The average Bonchev–Trinajstić information content (AvgIpc) is 2.51. The van der Waals surface area contributed by atoms with Gasteiger partial charge >= 0.3 is 0 Å². The Kier molecular flexibility index (Phi) is 2.97. The van der Waals surface area contributed by atoms with Crippen molar-refractivity contribution in [1.82, 2.24) is 0 Å². The van der Waals surface area contributed by atoms with E-state index in [9.17, 15) is 9.90 Å². The van der Waals surface area contributed by atoms with Crippen molar-refractivity contribution < 1.29 is 9.90 Å². The highest BCUT2D eigenvalue weighted by Gasteiger charge is 2.30. The number of rotatable bonds is 1. The van der Waals surface area contributed by atoms with Gasteiger partial charge in [0.15, 0.2) is 5.75 Å². The minimum absolute atomic E-state index is 0.121. The van der Waals surface area contributed by atoms with Gasteiger partial charge in [0.2, 0.25) is 5.91 Å². The molecule has 2 rings (SSSR count). The highest BCUT2D eigenvalue weighted by Crippen LogP contribution is 2.38.